The summed E-state index contributed by atoms with van der Waals surface area (Å²) in [6.07, 6.45) is 5.73. The summed E-state index contributed by atoms with van der Waals surface area (Å²) in [5.74, 6) is -1.72. The quantitative estimate of drug-likeness (QED) is 0.429. The van der Waals surface area contributed by atoms with Gasteiger partial charge in [0.05, 0.1) is 12.1 Å². The van der Waals surface area contributed by atoms with Gasteiger partial charge >= 0.3 is 5.97 Å². The van der Waals surface area contributed by atoms with E-state index in [0.29, 0.717) is 25.0 Å². The van der Waals surface area contributed by atoms with Gasteiger partial charge in [-0.05, 0) is 64.8 Å². The van der Waals surface area contributed by atoms with Gasteiger partial charge in [0, 0.05) is 25.2 Å². The molecule has 2 aliphatic rings. The van der Waals surface area contributed by atoms with Crippen LogP contribution in [-0.2, 0) is 19.2 Å². The lowest BCUT2D eigenvalue weighted by atomic mass is 9.95. The number of nitrogens with zero attached hydrogens (tertiary/aromatic N) is 3. The van der Waals surface area contributed by atoms with Gasteiger partial charge in [0.2, 0.25) is 17.7 Å². The predicted molar refractivity (Wildman–Crippen MR) is 144 cm³/mol. The Morgan fingerprint density at radius 1 is 0.919 bits per heavy atom. The third-order valence-corrected chi connectivity index (χ3v) is 7.78. The van der Waals surface area contributed by atoms with E-state index < -0.39 is 18.1 Å². The van der Waals surface area contributed by atoms with Gasteiger partial charge < -0.3 is 20.2 Å². The fourth-order valence-electron chi connectivity index (χ4n) is 5.55. The van der Waals surface area contributed by atoms with E-state index >= 15 is 0 Å². The number of carboxylic acid groups (broad SMARTS) is 1. The Bertz CT molecular complexity index is 869. The molecule has 0 radical (unpaired) electrons. The van der Waals surface area contributed by atoms with Crippen LogP contribution in [0.15, 0.2) is 11.6 Å². The van der Waals surface area contributed by atoms with Crippen molar-refractivity contribution >= 4 is 23.7 Å². The van der Waals surface area contributed by atoms with Gasteiger partial charge in [0.15, 0.2) is 0 Å². The first-order valence-electron chi connectivity index (χ1n) is 13.8. The number of piperidine rings is 1. The Kier molecular flexibility index (Phi) is 11.2. The maximum absolute atomic E-state index is 13.7. The standard InChI is InChI=1S/C28H48N4O5/c1-17(2)23(16-20(7)26(34)32-15-11-13-22(32)28(36)37)30(8)27(35)24(18(3)4)29-25(33)21-12-9-10-14-31(21)19(5)6/h16-19,21-24H,9-15H2,1-8H3,(H,29,33)(H,36,37)/b20-16+/t21?,22-,23+,24-/m0/s1. The molecule has 0 aromatic carbocycles. The Balaban J connectivity index is 2.21. The van der Waals surface area contributed by atoms with Crippen LogP contribution in [0, 0.1) is 11.8 Å². The van der Waals surface area contributed by atoms with Gasteiger partial charge in [-0.3, -0.25) is 19.3 Å². The molecule has 2 aliphatic heterocycles. The number of carboxylic acids is 1. The zero-order valence-electron chi connectivity index (χ0n) is 24.0. The predicted octanol–water partition coefficient (Wildman–Crippen LogP) is 2.90. The molecular formula is C28H48N4O5. The minimum atomic E-state index is -0.990. The number of nitrogens with one attached hydrogen (secondary N) is 1. The first-order chi connectivity index (χ1) is 17.3. The van der Waals surface area contributed by atoms with Crippen molar-refractivity contribution < 1.29 is 24.3 Å². The lowest BCUT2D eigenvalue weighted by molar-refractivity contribution is -0.146. The summed E-state index contributed by atoms with van der Waals surface area (Å²) in [5.41, 5.74) is 0.423. The van der Waals surface area contributed by atoms with Crippen LogP contribution in [-0.4, -0.2) is 93.8 Å². The van der Waals surface area contributed by atoms with Crippen molar-refractivity contribution in [1.82, 2.24) is 20.0 Å². The molecule has 3 amide bonds. The third-order valence-electron chi connectivity index (χ3n) is 7.78. The summed E-state index contributed by atoms with van der Waals surface area (Å²) in [6, 6.07) is -1.87. The summed E-state index contributed by atoms with van der Waals surface area (Å²) in [6.45, 7) is 15.0. The largest absolute Gasteiger partial charge is 0.480 e. The van der Waals surface area contributed by atoms with Crippen LogP contribution in [0.5, 0.6) is 0 Å². The van der Waals surface area contributed by atoms with Crippen LogP contribution >= 0.6 is 0 Å². The molecular weight excluding hydrogens is 472 g/mol. The molecule has 0 aromatic heterocycles. The van der Waals surface area contributed by atoms with E-state index in [-0.39, 0.29) is 47.7 Å². The number of likely N-dealkylation sites (N-methyl/N-ethyl adjacent to an activating group) is 1. The van der Waals surface area contributed by atoms with Crippen molar-refractivity contribution in [3.63, 3.8) is 0 Å². The van der Waals surface area contributed by atoms with Gasteiger partial charge in [-0.2, -0.15) is 0 Å². The van der Waals surface area contributed by atoms with Gasteiger partial charge in [-0.25, -0.2) is 4.79 Å². The number of carbonyl (C=O) groups excluding carboxylic acids is 3. The second-order valence-electron chi connectivity index (χ2n) is 11.6. The molecule has 210 valence electrons. The summed E-state index contributed by atoms with van der Waals surface area (Å²) in [5, 5.41) is 12.5. The molecule has 2 rings (SSSR count). The average Bonchev–Trinajstić information content (AvgIpc) is 3.34. The highest BCUT2D eigenvalue weighted by Gasteiger charge is 2.37. The fourth-order valence-corrected chi connectivity index (χ4v) is 5.55. The van der Waals surface area contributed by atoms with Gasteiger partial charge in [0.25, 0.3) is 0 Å². The first kappa shape index (κ1) is 30.8. The number of carbonyl (C=O) groups is 4. The number of likely N-dealkylation sites (tertiary alicyclic amines) is 2. The van der Waals surface area contributed by atoms with Crippen molar-refractivity contribution in [3.8, 4) is 0 Å². The fraction of sp³-hybridized carbons (Fsp3) is 0.786. The maximum atomic E-state index is 13.7. The minimum absolute atomic E-state index is 0.00356. The SMILES string of the molecule is C/C(=C\[C@H](C(C)C)N(C)C(=O)[C@@H](NC(=O)C1CCCCN1C(C)C)C(C)C)C(=O)N1CCC[C@H]1C(=O)O. The second-order valence-corrected chi connectivity index (χ2v) is 11.6. The molecule has 0 spiro atoms. The van der Waals surface area contributed by atoms with Gasteiger partial charge in [0.1, 0.15) is 12.1 Å². The van der Waals surface area contributed by atoms with Crippen molar-refractivity contribution in [2.75, 3.05) is 20.1 Å². The molecule has 4 atom stereocenters. The molecule has 9 nitrogen and oxygen atoms in total. The van der Waals surface area contributed by atoms with Crippen LogP contribution in [0.4, 0.5) is 0 Å². The monoisotopic (exact) mass is 520 g/mol. The van der Waals surface area contributed by atoms with Gasteiger partial charge in [-0.15, -0.1) is 0 Å². The average molecular weight is 521 g/mol. The highest BCUT2D eigenvalue weighted by Crippen LogP contribution is 2.23. The van der Waals surface area contributed by atoms with E-state index in [0.717, 1.165) is 25.8 Å². The zero-order valence-corrected chi connectivity index (χ0v) is 24.0. The van der Waals surface area contributed by atoms with Crippen molar-refractivity contribution in [3.05, 3.63) is 11.6 Å². The molecule has 37 heavy (non-hydrogen) atoms. The Morgan fingerprint density at radius 2 is 1.54 bits per heavy atom. The number of hydrogen-bond acceptors (Lipinski definition) is 5. The van der Waals surface area contributed by atoms with Crippen LogP contribution in [0.25, 0.3) is 0 Å². The van der Waals surface area contributed by atoms with E-state index in [1.54, 1.807) is 24.9 Å². The van der Waals surface area contributed by atoms with Gasteiger partial charge in [-0.1, -0.05) is 40.2 Å². The highest BCUT2D eigenvalue weighted by atomic mass is 16.4. The molecule has 2 N–H and O–H groups in total. The molecule has 9 heteroatoms. The van der Waals surface area contributed by atoms with Crippen LogP contribution < -0.4 is 5.32 Å². The number of rotatable bonds is 10. The van der Waals surface area contributed by atoms with E-state index in [1.165, 1.54) is 4.90 Å². The number of hydrogen-bond donors (Lipinski definition) is 2. The smallest absolute Gasteiger partial charge is 0.326 e. The lowest BCUT2D eigenvalue weighted by Gasteiger charge is -2.39. The molecule has 0 aliphatic carbocycles. The lowest BCUT2D eigenvalue weighted by Crippen LogP contribution is -2.58. The molecule has 0 aromatic rings. The number of aliphatic carboxylic acids is 1. The molecule has 1 unspecified atom stereocenters. The summed E-state index contributed by atoms with van der Waals surface area (Å²) >= 11 is 0. The molecule has 2 saturated heterocycles. The van der Waals surface area contributed by atoms with E-state index in [2.05, 4.69) is 24.1 Å². The van der Waals surface area contributed by atoms with Crippen molar-refractivity contribution in [2.45, 2.75) is 111 Å². The molecule has 0 bridgehead atoms. The topological polar surface area (TPSA) is 110 Å². The van der Waals surface area contributed by atoms with Crippen molar-refractivity contribution in [1.29, 1.82) is 0 Å². The molecule has 0 saturated carbocycles. The van der Waals surface area contributed by atoms with E-state index in [9.17, 15) is 24.3 Å². The Labute approximate surface area is 222 Å². The Hall–Kier alpha value is -2.42. The second kappa shape index (κ2) is 13.4. The van der Waals surface area contributed by atoms with Crippen LogP contribution in [0.3, 0.4) is 0 Å². The number of amides is 3. The van der Waals surface area contributed by atoms with Crippen LogP contribution in [0.1, 0.15) is 80.6 Å². The van der Waals surface area contributed by atoms with Crippen LogP contribution in [0.2, 0.25) is 0 Å². The maximum Gasteiger partial charge on any atom is 0.326 e. The zero-order chi connectivity index (χ0) is 28.0. The Morgan fingerprint density at radius 3 is 2.08 bits per heavy atom. The first-order valence-corrected chi connectivity index (χ1v) is 13.8. The van der Waals surface area contributed by atoms with E-state index in [1.807, 2.05) is 27.7 Å². The normalized spacial score (nSPS) is 22.9. The van der Waals surface area contributed by atoms with Crippen molar-refractivity contribution in [2.24, 2.45) is 11.8 Å². The minimum Gasteiger partial charge on any atom is -0.480 e. The summed E-state index contributed by atoms with van der Waals surface area (Å²) in [7, 11) is 1.71. The molecule has 2 fully saturated rings. The summed E-state index contributed by atoms with van der Waals surface area (Å²) in [4.78, 5) is 56.9. The highest BCUT2D eigenvalue weighted by molar-refractivity contribution is 5.96. The van der Waals surface area contributed by atoms with E-state index in [4.69, 9.17) is 0 Å². The third kappa shape index (κ3) is 7.55. The molecule has 2 heterocycles. The summed E-state index contributed by atoms with van der Waals surface area (Å²) < 4.78 is 0.